The molecule has 27 heavy (non-hydrogen) atoms. The third-order valence-corrected chi connectivity index (χ3v) is 3.98. The summed E-state index contributed by atoms with van der Waals surface area (Å²) in [6, 6.07) is 3.43. The van der Waals surface area contributed by atoms with E-state index in [0.717, 1.165) is 16.8 Å². The standard InChI is InChI=1S/C16H16ClFN4O5/c1-8-15(22(25)26)9(2)21(20-8)7-14(23)27-10(3)16(24)19-13-5-4-11(18)6-12(13)17/h4-6,10H,7H2,1-3H3,(H,19,24). The Morgan fingerprint density at radius 2 is 2.11 bits per heavy atom. The number of benzene rings is 1. The molecule has 1 aromatic heterocycles. The van der Waals surface area contributed by atoms with Gasteiger partial charge in [-0.25, -0.2) is 4.39 Å². The molecule has 0 spiro atoms. The molecular weight excluding hydrogens is 383 g/mol. The summed E-state index contributed by atoms with van der Waals surface area (Å²) < 4.78 is 19.2. The predicted molar refractivity (Wildman–Crippen MR) is 93.9 cm³/mol. The maximum Gasteiger partial charge on any atom is 0.328 e. The molecule has 1 unspecified atom stereocenters. The Kier molecular flexibility index (Phi) is 6.11. The van der Waals surface area contributed by atoms with Gasteiger partial charge in [-0.15, -0.1) is 0 Å². The van der Waals surface area contributed by atoms with Gasteiger partial charge in [0.25, 0.3) is 5.91 Å². The fraction of sp³-hybridized carbons (Fsp3) is 0.312. The molecule has 0 aliphatic heterocycles. The maximum absolute atomic E-state index is 13.0. The van der Waals surface area contributed by atoms with E-state index < -0.39 is 35.3 Å². The number of esters is 1. The number of anilines is 1. The highest BCUT2D eigenvalue weighted by molar-refractivity contribution is 6.33. The first-order valence-electron chi connectivity index (χ1n) is 7.74. The fourth-order valence-electron chi connectivity index (χ4n) is 2.34. The molecule has 0 bridgehead atoms. The summed E-state index contributed by atoms with van der Waals surface area (Å²) in [7, 11) is 0. The second-order valence-electron chi connectivity index (χ2n) is 5.68. The number of nitro groups is 1. The van der Waals surface area contributed by atoms with Crippen LogP contribution in [-0.2, 0) is 20.9 Å². The molecule has 0 saturated carbocycles. The zero-order valence-electron chi connectivity index (χ0n) is 14.7. The third-order valence-electron chi connectivity index (χ3n) is 3.67. The monoisotopic (exact) mass is 398 g/mol. The first-order chi connectivity index (χ1) is 12.6. The van der Waals surface area contributed by atoms with E-state index in [-0.39, 0.29) is 27.8 Å². The van der Waals surface area contributed by atoms with Gasteiger partial charge in [-0.05, 0) is 39.0 Å². The van der Waals surface area contributed by atoms with Crippen molar-refractivity contribution in [3.63, 3.8) is 0 Å². The molecule has 1 atom stereocenters. The maximum atomic E-state index is 13.0. The van der Waals surface area contributed by atoms with Crippen molar-refractivity contribution < 1.29 is 23.6 Å². The van der Waals surface area contributed by atoms with Crippen LogP contribution in [0.2, 0.25) is 5.02 Å². The molecule has 9 nitrogen and oxygen atoms in total. The van der Waals surface area contributed by atoms with Crippen LogP contribution >= 0.6 is 11.6 Å². The topological polar surface area (TPSA) is 116 Å². The molecule has 0 radical (unpaired) electrons. The van der Waals surface area contributed by atoms with E-state index in [1.807, 2.05) is 0 Å². The Morgan fingerprint density at radius 1 is 1.44 bits per heavy atom. The molecule has 0 saturated heterocycles. The highest BCUT2D eigenvalue weighted by Gasteiger charge is 2.24. The van der Waals surface area contributed by atoms with Crippen molar-refractivity contribution in [2.45, 2.75) is 33.4 Å². The van der Waals surface area contributed by atoms with Gasteiger partial charge in [0.05, 0.1) is 15.6 Å². The van der Waals surface area contributed by atoms with E-state index in [0.29, 0.717) is 0 Å². The second-order valence-corrected chi connectivity index (χ2v) is 6.09. The summed E-state index contributed by atoms with van der Waals surface area (Å²) >= 11 is 5.82. The molecule has 0 fully saturated rings. The number of carbonyl (C=O) groups excluding carboxylic acids is 2. The highest BCUT2D eigenvalue weighted by atomic mass is 35.5. The quantitative estimate of drug-likeness (QED) is 0.454. The minimum Gasteiger partial charge on any atom is -0.451 e. The van der Waals surface area contributed by atoms with Crippen LogP contribution in [-0.4, -0.2) is 32.7 Å². The average Bonchev–Trinajstić information content (AvgIpc) is 2.83. The van der Waals surface area contributed by atoms with Crippen molar-refractivity contribution in [3.8, 4) is 0 Å². The number of nitrogens with one attached hydrogen (secondary N) is 1. The second kappa shape index (κ2) is 8.12. The van der Waals surface area contributed by atoms with E-state index in [9.17, 15) is 24.1 Å². The molecule has 1 aromatic carbocycles. The van der Waals surface area contributed by atoms with Gasteiger partial charge in [0, 0.05) is 0 Å². The predicted octanol–water partition coefficient (Wildman–Crippen LogP) is 2.77. The molecule has 1 N–H and O–H groups in total. The summed E-state index contributed by atoms with van der Waals surface area (Å²) in [6.07, 6.45) is -1.18. The van der Waals surface area contributed by atoms with Crippen molar-refractivity contribution in [1.82, 2.24) is 9.78 Å². The SMILES string of the molecule is Cc1nn(CC(=O)OC(C)C(=O)Nc2ccc(F)cc2Cl)c(C)c1[N+](=O)[O-]. The summed E-state index contributed by atoms with van der Waals surface area (Å²) in [6.45, 7) is 3.86. The molecule has 1 amide bonds. The smallest absolute Gasteiger partial charge is 0.328 e. The van der Waals surface area contributed by atoms with Crippen LogP contribution in [0, 0.1) is 29.8 Å². The van der Waals surface area contributed by atoms with Gasteiger partial charge in [-0.2, -0.15) is 5.10 Å². The number of halogens is 2. The van der Waals surface area contributed by atoms with Crippen LogP contribution in [0.4, 0.5) is 15.8 Å². The molecule has 0 aliphatic carbocycles. The number of amides is 1. The lowest BCUT2D eigenvalue weighted by atomic mass is 10.3. The average molecular weight is 399 g/mol. The minimum absolute atomic E-state index is 0.00294. The van der Waals surface area contributed by atoms with Gasteiger partial charge >= 0.3 is 11.7 Å². The zero-order chi connectivity index (χ0) is 20.3. The van der Waals surface area contributed by atoms with Gasteiger partial charge < -0.3 is 10.1 Å². The lowest BCUT2D eigenvalue weighted by molar-refractivity contribution is -0.386. The van der Waals surface area contributed by atoms with Crippen LogP contribution < -0.4 is 5.32 Å². The van der Waals surface area contributed by atoms with Crippen molar-refractivity contribution >= 4 is 34.9 Å². The number of hydrogen-bond acceptors (Lipinski definition) is 6. The lowest BCUT2D eigenvalue weighted by Gasteiger charge is -2.14. The fourth-order valence-corrected chi connectivity index (χ4v) is 2.56. The Bertz CT molecular complexity index is 914. The number of aryl methyl sites for hydroxylation is 1. The molecule has 2 aromatic rings. The number of aromatic nitrogens is 2. The van der Waals surface area contributed by atoms with Crippen LogP contribution in [0.3, 0.4) is 0 Å². The first-order valence-corrected chi connectivity index (χ1v) is 8.11. The number of hydrogen-bond donors (Lipinski definition) is 1. The van der Waals surface area contributed by atoms with E-state index in [4.69, 9.17) is 16.3 Å². The Labute approximate surface area is 158 Å². The van der Waals surface area contributed by atoms with E-state index in [1.165, 1.54) is 26.8 Å². The van der Waals surface area contributed by atoms with Gasteiger partial charge in [-0.3, -0.25) is 24.4 Å². The summed E-state index contributed by atoms with van der Waals surface area (Å²) in [4.78, 5) is 34.5. The first kappa shape index (κ1) is 20.3. The Balaban J connectivity index is 2.00. The Hall–Kier alpha value is -3.01. The third kappa shape index (κ3) is 4.79. The van der Waals surface area contributed by atoms with Crippen molar-refractivity contribution in [2.24, 2.45) is 0 Å². The summed E-state index contributed by atoms with van der Waals surface area (Å²) in [5.41, 5.74) is 0.353. The van der Waals surface area contributed by atoms with Crippen molar-refractivity contribution in [2.75, 3.05) is 5.32 Å². The number of rotatable bonds is 6. The largest absolute Gasteiger partial charge is 0.451 e. The molecule has 144 valence electrons. The lowest BCUT2D eigenvalue weighted by Crippen LogP contribution is -2.31. The van der Waals surface area contributed by atoms with E-state index in [2.05, 4.69) is 10.4 Å². The molecule has 1 heterocycles. The van der Waals surface area contributed by atoms with Crippen molar-refractivity contribution in [1.29, 1.82) is 0 Å². The van der Waals surface area contributed by atoms with Crippen LogP contribution in [0.25, 0.3) is 0 Å². The molecule has 11 heteroatoms. The Morgan fingerprint density at radius 3 is 2.67 bits per heavy atom. The van der Waals surface area contributed by atoms with Crippen LogP contribution in [0.5, 0.6) is 0 Å². The van der Waals surface area contributed by atoms with Gasteiger partial charge in [0.15, 0.2) is 6.10 Å². The molecule has 0 aliphatic rings. The zero-order valence-corrected chi connectivity index (χ0v) is 15.4. The normalized spacial score (nSPS) is 11.7. The van der Waals surface area contributed by atoms with Gasteiger partial charge in [-0.1, -0.05) is 11.6 Å². The number of ether oxygens (including phenoxy) is 1. The number of carbonyl (C=O) groups is 2. The van der Waals surface area contributed by atoms with E-state index >= 15 is 0 Å². The van der Waals surface area contributed by atoms with Gasteiger partial charge in [0.1, 0.15) is 23.7 Å². The minimum atomic E-state index is -1.18. The molecular formula is C16H16ClFN4O5. The number of nitrogens with zero attached hydrogens (tertiary/aromatic N) is 3. The molecule has 2 rings (SSSR count). The van der Waals surface area contributed by atoms with Crippen molar-refractivity contribution in [3.05, 3.63) is 50.5 Å². The van der Waals surface area contributed by atoms with Gasteiger partial charge in [0.2, 0.25) is 0 Å². The highest BCUT2D eigenvalue weighted by Crippen LogP contribution is 2.23. The summed E-state index contributed by atoms with van der Waals surface area (Å²) in [5, 5.41) is 17.3. The summed E-state index contributed by atoms with van der Waals surface area (Å²) in [5.74, 6) is -2.03. The van der Waals surface area contributed by atoms with E-state index in [1.54, 1.807) is 0 Å². The van der Waals surface area contributed by atoms with Crippen LogP contribution in [0.1, 0.15) is 18.3 Å². The van der Waals surface area contributed by atoms with Crippen LogP contribution in [0.15, 0.2) is 18.2 Å².